The molecule has 106 valence electrons. The van der Waals surface area contributed by atoms with Crippen molar-refractivity contribution in [2.75, 3.05) is 40.4 Å². The van der Waals surface area contributed by atoms with E-state index >= 15 is 0 Å². The van der Waals surface area contributed by atoms with Crippen molar-refractivity contribution in [1.29, 1.82) is 0 Å². The van der Waals surface area contributed by atoms with E-state index in [-0.39, 0.29) is 11.9 Å². The van der Waals surface area contributed by atoms with Gasteiger partial charge in [-0.3, -0.25) is 9.69 Å². The van der Waals surface area contributed by atoms with Gasteiger partial charge in [-0.05, 0) is 33.4 Å². The molecular weight excluding hydrogens is 230 g/mol. The molecule has 1 amide bonds. The molecule has 0 aromatic carbocycles. The van der Waals surface area contributed by atoms with Crippen molar-refractivity contribution in [3.8, 4) is 0 Å². The number of ether oxygens (including phenoxy) is 1. The molecule has 1 heterocycles. The summed E-state index contributed by atoms with van der Waals surface area (Å²) in [5, 5.41) is 6.41. The Kier molecular flexibility index (Phi) is 7.23. The van der Waals surface area contributed by atoms with Gasteiger partial charge in [0.15, 0.2) is 0 Å². The summed E-state index contributed by atoms with van der Waals surface area (Å²) in [5.74, 6) is 0.0675. The Hall–Kier alpha value is -0.650. The first-order valence-electron chi connectivity index (χ1n) is 6.82. The lowest BCUT2D eigenvalue weighted by Gasteiger charge is -2.28. The molecule has 2 atom stereocenters. The summed E-state index contributed by atoms with van der Waals surface area (Å²) in [5.41, 5.74) is 0. The summed E-state index contributed by atoms with van der Waals surface area (Å²) in [6.07, 6.45) is 3.78. The van der Waals surface area contributed by atoms with Crippen LogP contribution in [0.4, 0.5) is 0 Å². The van der Waals surface area contributed by atoms with Gasteiger partial charge in [0.1, 0.15) is 0 Å². The highest BCUT2D eigenvalue weighted by Gasteiger charge is 2.16. The van der Waals surface area contributed by atoms with Gasteiger partial charge in [-0.2, -0.15) is 0 Å². The van der Waals surface area contributed by atoms with Gasteiger partial charge in [0.25, 0.3) is 0 Å². The second-order valence-electron chi connectivity index (χ2n) is 5.27. The van der Waals surface area contributed by atoms with E-state index in [2.05, 4.69) is 15.5 Å². The second-order valence-corrected chi connectivity index (χ2v) is 5.27. The number of hydrogen-bond donors (Lipinski definition) is 2. The molecule has 0 saturated carbocycles. The van der Waals surface area contributed by atoms with Crippen molar-refractivity contribution in [3.05, 3.63) is 0 Å². The number of methoxy groups -OCH3 is 1. The Morgan fingerprint density at radius 1 is 1.56 bits per heavy atom. The fraction of sp³-hybridized carbons (Fsp3) is 0.923. The molecule has 0 aromatic rings. The number of likely N-dealkylation sites (N-methyl/N-ethyl adjacent to an activating group) is 1. The highest BCUT2D eigenvalue weighted by atomic mass is 16.5. The third-order valence-electron chi connectivity index (χ3n) is 3.18. The quantitative estimate of drug-likeness (QED) is 0.685. The minimum absolute atomic E-state index is 0.0675. The molecule has 0 aliphatic carbocycles. The molecule has 2 unspecified atom stereocenters. The zero-order valence-corrected chi connectivity index (χ0v) is 11.9. The van der Waals surface area contributed by atoms with Gasteiger partial charge in [-0.25, -0.2) is 0 Å². The van der Waals surface area contributed by atoms with Gasteiger partial charge in [0.2, 0.25) is 5.91 Å². The first-order valence-corrected chi connectivity index (χ1v) is 6.82. The molecule has 5 heteroatoms. The zero-order chi connectivity index (χ0) is 13.4. The lowest BCUT2D eigenvalue weighted by Crippen LogP contribution is -2.46. The largest absolute Gasteiger partial charge is 0.383 e. The molecule has 1 fully saturated rings. The van der Waals surface area contributed by atoms with E-state index in [1.807, 2.05) is 14.0 Å². The molecule has 1 saturated heterocycles. The Morgan fingerprint density at radius 3 is 2.94 bits per heavy atom. The summed E-state index contributed by atoms with van der Waals surface area (Å²) in [6.45, 7) is 5.00. The molecule has 0 bridgehead atoms. The van der Waals surface area contributed by atoms with Gasteiger partial charge < -0.3 is 15.4 Å². The van der Waals surface area contributed by atoms with E-state index in [9.17, 15) is 4.79 Å². The fourth-order valence-corrected chi connectivity index (χ4v) is 2.38. The maximum absolute atomic E-state index is 11.8. The number of carbonyl (C=O) groups excluding carboxylic acids is 1. The smallest absolute Gasteiger partial charge is 0.234 e. The van der Waals surface area contributed by atoms with E-state index in [1.54, 1.807) is 7.11 Å². The number of nitrogens with one attached hydrogen (secondary N) is 2. The summed E-state index contributed by atoms with van der Waals surface area (Å²) < 4.78 is 4.99. The number of carbonyl (C=O) groups is 1. The van der Waals surface area contributed by atoms with Gasteiger partial charge >= 0.3 is 0 Å². The minimum atomic E-state index is 0.0675. The fourth-order valence-electron chi connectivity index (χ4n) is 2.38. The van der Waals surface area contributed by atoms with E-state index in [1.165, 1.54) is 19.3 Å². The standard InChI is InChI=1S/C13H27N3O2/c1-11(10-18-3)15-13(17)9-16(2)8-12-6-4-5-7-14-12/h11-12,14H,4-10H2,1-3H3,(H,15,17). The number of piperidine rings is 1. The molecule has 1 rings (SSSR count). The SMILES string of the molecule is COCC(C)NC(=O)CN(C)CC1CCCCN1. The van der Waals surface area contributed by atoms with Crippen LogP contribution in [-0.2, 0) is 9.53 Å². The molecule has 1 aliphatic heterocycles. The maximum Gasteiger partial charge on any atom is 0.234 e. The summed E-state index contributed by atoms with van der Waals surface area (Å²) in [4.78, 5) is 13.8. The predicted molar refractivity (Wildman–Crippen MR) is 72.6 cm³/mol. The monoisotopic (exact) mass is 257 g/mol. The van der Waals surface area contributed by atoms with Crippen molar-refractivity contribution in [3.63, 3.8) is 0 Å². The Balaban J connectivity index is 2.17. The molecule has 1 aliphatic rings. The van der Waals surface area contributed by atoms with Crippen LogP contribution in [0.5, 0.6) is 0 Å². The Morgan fingerprint density at radius 2 is 2.33 bits per heavy atom. The van der Waals surface area contributed by atoms with Crippen LogP contribution in [0.2, 0.25) is 0 Å². The average Bonchev–Trinajstić information content (AvgIpc) is 2.29. The Labute approximate surface area is 110 Å². The first-order chi connectivity index (χ1) is 8.61. The highest BCUT2D eigenvalue weighted by Crippen LogP contribution is 2.07. The van der Waals surface area contributed by atoms with Gasteiger partial charge in [-0.1, -0.05) is 6.42 Å². The van der Waals surface area contributed by atoms with Gasteiger partial charge in [0, 0.05) is 25.7 Å². The normalized spacial score (nSPS) is 21.9. The molecule has 2 N–H and O–H groups in total. The predicted octanol–water partition coefficient (Wildman–Crippen LogP) is 0.211. The lowest BCUT2D eigenvalue weighted by molar-refractivity contribution is -0.123. The van der Waals surface area contributed by atoms with Gasteiger partial charge in [-0.15, -0.1) is 0 Å². The number of hydrogen-bond acceptors (Lipinski definition) is 4. The van der Waals surface area contributed by atoms with Crippen LogP contribution in [0.15, 0.2) is 0 Å². The van der Waals surface area contributed by atoms with Crippen LogP contribution in [0.3, 0.4) is 0 Å². The van der Waals surface area contributed by atoms with Crippen LogP contribution in [0.25, 0.3) is 0 Å². The minimum Gasteiger partial charge on any atom is -0.383 e. The summed E-state index contributed by atoms with van der Waals surface area (Å²) >= 11 is 0. The third-order valence-corrected chi connectivity index (χ3v) is 3.18. The molecule has 5 nitrogen and oxygen atoms in total. The highest BCUT2D eigenvalue weighted by molar-refractivity contribution is 5.78. The lowest BCUT2D eigenvalue weighted by atomic mass is 10.0. The van der Waals surface area contributed by atoms with Crippen LogP contribution in [-0.4, -0.2) is 63.3 Å². The van der Waals surface area contributed by atoms with Crippen molar-refractivity contribution in [2.24, 2.45) is 0 Å². The first kappa shape index (κ1) is 15.4. The van der Waals surface area contributed by atoms with Crippen molar-refractivity contribution >= 4 is 5.91 Å². The maximum atomic E-state index is 11.8. The molecule has 18 heavy (non-hydrogen) atoms. The summed E-state index contributed by atoms with van der Waals surface area (Å²) in [7, 11) is 3.64. The van der Waals surface area contributed by atoms with Crippen molar-refractivity contribution in [1.82, 2.24) is 15.5 Å². The third kappa shape index (κ3) is 6.33. The zero-order valence-electron chi connectivity index (χ0n) is 11.9. The molecule has 0 radical (unpaired) electrons. The number of nitrogens with zero attached hydrogens (tertiary/aromatic N) is 1. The van der Waals surface area contributed by atoms with Crippen LogP contribution in [0.1, 0.15) is 26.2 Å². The van der Waals surface area contributed by atoms with Crippen LogP contribution in [0, 0.1) is 0 Å². The summed E-state index contributed by atoms with van der Waals surface area (Å²) in [6, 6.07) is 0.608. The Bertz CT molecular complexity index is 242. The topological polar surface area (TPSA) is 53.6 Å². The number of rotatable bonds is 7. The van der Waals surface area contributed by atoms with E-state index < -0.39 is 0 Å². The van der Waals surface area contributed by atoms with Gasteiger partial charge in [0.05, 0.1) is 13.2 Å². The van der Waals surface area contributed by atoms with Crippen LogP contribution >= 0.6 is 0 Å². The molecule has 0 spiro atoms. The molecule has 0 aromatic heterocycles. The van der Waals surface area contributed by atoms with Crippen molar-refractivity contribution < 1.29 is 9.53 Å². The average molecular weight is 257 g/mol. The van der Waals surface area contributed by atoms with Crippen molar-refractivity contribution in [2.45, 2.75) is 38.3 Å². The number of amides is 1. The molecular formula is C13H27N3O2. The van der Waals surface area contributed by atoms with E-state index in [4.69, 9.17) is 4.74 Å². The van der Waals surface area contributed by atoms with E-state index in [0.717, 1.165) is 13.1 Å². The van der Waals surface area contributed by atoms with E-state index in [0.29, 0.717) is 19.2 Å². The second kappa shape index (κ2) is 8.45. The van der Waals surface area contributed by atoms with Crippen LogP contribution < -0.4 is 10.6 Å².